The van der Waals surface area contributed by atoms with E-state index in [9.17, 15) is 24.0 Å². The number of carbonyl (C=O) groups excluding carboxylic acids is 5. The second kappa shape index (κ2) is 14.0. The minimum absolute atomic E-state index is 0.0798. The SMILES string of the molecule is CCOC(=O)[C@H](CNC(=O)[C@@H]1CCCN(C(=O)/C=C/C2CCN(C(=O)OC(C)(C)C)CC2)C1)NC(C)=O. The normalized spacial score (nSPS) is 19.8. The van der Waals surface area contributed by atoms with Crippen LogP contribution in [0, 0.1) is 11.8 Å². The first-order chi connectivity index (χ1) is 17.4. The van der Waals surface area contributed by atoms with Crippen molar-refractivity contribution in [2.24, 2.45) is 11.8 Å². The van der Waals surface area contributed by atoms with Crippen molar-refractivity contribution in [2.75, 3.05) is 39.3 Å². The molecule has 11 nitrogen and oxygen atoms in total. The summed E-state index contributed by atoms with van der Waals surface area (Å²) in [6, 6.07) is -0.965. The Labute approximate surface area is 219 Å². The van der Waals surface area contributed by atoms with Gasteiger partial charge in [0, 0.05) is 39.6 Å². The number of esters is 1. The molecular weight excluding hydrogens is 480 g/mol. The second-order valence-electron chi connectivity index (χ2n) is 10.5. The van der Waals surface area contributed by atoms with Crippen LogP contribution in [0.15, 0.2) is 12.2 Å². The van der Waals surface area contributed by atoms with Gasteiger partial charge in [-0.15, -0.1) is 0 Å². The van der Waals surface area contributed by atoms with Gasteiger partial charge in [-0.05, 0) is 65.4 Å². The van der Waals surface area contributed by atoms with Crippen molar-refractivity contribution in [1.29, 1.82) is 0 Å². The van der Waals surface area contributed by atoms with E-state index in [1.54, 1.807) is 22.8 Å². The van der Waals surface area contributed by atoms with Crippen LogP contribution in [0.2, 0.25) is 0 Å². The molecule has 4 amide bonds. The maximum absolute atomic E-state index is 12.8. The Kier molecular flexibility index (Phi) is 11.4. The van der Waals surface area contributed by atoms with E-state index in [2.05, 4.69) is 10.6 Å². The Morgan fingerprint density at radius 3 is 2.30 bits per heavy atom. The highest BCUT2D eigenvalue weighted by Gasteiger charge is 2.30. The zero-order valence-corrected chi connectivity index (χ0v) is 22.7. The van der Waals surface area contributed by atoms with Crippen LogP contribution in [0.3, 0.4) is 0 Å². The molecule has 0 spiro atoms. The third kappa shape index (κ3) is 10.4. The molecule has 0 bridgehead atoms. The van der Waals surface area contributed by atoms with Crippen LogP contribution in [-0.2, 0) is 28.7 Å². The van der Waals surface area contributed by atoms with Gasteiger partial charge in [-0.25, -0.2) is 9.59 Å². The van der Waals surface area contributed by atoms with Crippen molar-refractivity contribution >= 4 is 29.8 Å². The average Bonchev–Trinajstić information content (AvgIpc) is 2.84. The third-order valence-electron chi connectivity index (χ3n) is 6.24. The molecule has 11 heteroatoms. The third-order valence-corrected chi connectivity index (χ3v) is 6.24. The number of hydrogen-bond donors (Lipinski definition) is 2. The van der Waals surface area contributed by atoms with Gasteiger partial charge in [0.25, 0.3) is 0 Å². The van der Waals surface area contributed by atoms with Gasteiger partial charge in [0.1, 0.15) is 11.6 Å². The quantitative estimate of drug-likeness (QED) is 0.365. The van der Waals surface area contributed by atoms with Crippen molar-refractivity contribution < 1.29 is 33.4 Å². The van der Waals surface area contributed by atoms with Gasteiger partial charge in [0.05, 0.1) is 12.5 Å². The number of ether oxygens (including phenoxy) is 2. The molecule has 2 heterocycles. The van der Waals surface area contributed by atoms with Gasteiger partial charge in [-0.1, -0.05) is 6.08 Å². The largest absolute Gasteiger partial charge is 0.464 e. The molecule has 37 heavy (non-hydrogen) atoms. The Morgan fingerprint density at radius 1 is 1.03 bits per heavy atom. The summed E-state index contributed by atoms with van der Waals surface area (Å²) in [5.41, 5.74) is -0.530. The summed E-state index contributed by atoms with van der Waals surface area (Å²) in [4.78, 5) is 64.6. The maximum Gasteiger partial charge on any atom is 0.410 e. The predicted octanol–water partition coefficient (Wildman–Crippen LogP) is 1.61. The summed E-state index contributed by atoms with van der Waals surface area (Å²) < 4.78 is 10.4. The standard InChI is InChI=1S/C26H42N4O7/c1-6-36-24(34)21(28-18(2)31)16-27-23(33)20-8-7-13-30(17-20)22(32)10-9-19-11-14-29(15-12-19)25(35)37-26(3,4)5/h9-10,19-21H,6-8,11-17H2,1-5H3,(H,27,33)(H,28,31)/b10-9+/t20-,21+/m1/s1. The lowest BCUT2D eigenvalue weighted by Crippen LogP contribution is -2.51. The first kappa shape index (κ1) is 30.1. The zero-order valence-electron chi connectivity index (χ0n) is 22.7. The maximum atomic E-state index is 12.8. The summed E-state index contributed by atoms with van der Waals surface area (Å²) in [5, 5.41) is 5.20. The van der Waals surface area contributed by atoms with E-state index in [1.807, 2.05) is 26.8 Å². The van der Waals surface area contributed by atoms with E-state index in [-0.39, 0.29) is 43.5 Å². The van der Waals surface area contributed by atoms with Crippen LogP contribution in [0.1, 0.15) is 60.3 Å². The lowest BCUT2D eigenvalue weighted by atomic mass is 9.95. The van der Waals surface area contributed by atoms with Gasteiger partial charge >= 0.3 is 12.1 Å². The second-order valence-corrected chi connectivity index (χ2v) is 10.5. The Hall–Kier alpha value is -3.11. The molecule has 0 aromatic heterocycles. The molecule has 2 atom stereocenters. The molecular formula is C26H42N4O7. The fourth-order valence-electron chi connectivity index (χ4n) is 4.34. The lowest BCUT2D eigenvalue weighted by molar-refractivity contribution is -0.147. The highest BCUT2D eigenvalue weighted by atomic mass is 16.6. The van der Waals surface area contributed by atoms with Crippen LogP contribution in [0.5, 0.6) is 0 Å². The van der Waals surface area contributed by atoms with E-state index >= 15 is 0 Å². The van der Waals surface area contributed by atoms with Gasteiger partial charge in [0.15, 0.2) is 0 Å². The highest BCUT2D eigenvalue weighted by Crippen LogP contribution is 2.22. The summed E-state index contributed by atoms with van der Waals surface area (Å²) in [7, 11) is 0. The topological polar surface area (TPSA) is 134 Å². The molecule has 0 aromatic rings. The molecule has 0 radical (unpaired) electrons. The zero-order chi connectivity index (χ0) is 27.6. The average molecular weight is 523 g/mol. The number of nitrogens with zero attached hydrogens (tertiary/aromatic N) is 2. The highest BCUT2D eigenvalue weighted by molar-refractivity contribution is 5.89. The molecule has 2 rings (SSSR count). The van der Waals surface area contributed by atoms with Crippen LogP contribution in [0.25, 0.3) is 0 Å². The number of likely N-dealkylation sites (tertiary alicyclic amines) is 2. The monoisotopic (exact) mass is 522 g/mol. The number of rotatable bonds is 8. The van der Waals surface area contributed by atoms with E-state index in [1.165, 1.54) is 6.92 Å². The minimum Gasteiger partial charge on any atom is -0.464 e. The molecule has 0 saturated carbocycles. The Balaban J connectivity index is 1.82. The van der Waals surface area contributed by atoms with E-state index in [4.69, 9.17) is 9.47 Å². The van der Waals surface area contributed by atoms with Crippen LogP contribution < -0.4 is 10.6 Å². The number of piperidine rings is 2. The number of nitrogens with one attached hydrogen (secondary N) is 2. The first-order valence-electron chi connectivity index (χ1n) is 13.1. The summed E-state index contributed by atoms with van der Waals surface area (Å²) in [5.74, 6) is -1.63. The fourth-order valence-corrected chi connectivity index (χ4v) is 4.34. The number of allylic oxidation sites excluding steroid dienone is 1. The van der Waals surface area contributed by atoms with Crippen LogP contribution in [0.4, 0.5) is 4.79 Å². The molecule has 0 unspecified atom stereocenters. The van der Waals surface area contributed by atoms with Crippen molar-refractivity contribution in [3.8, 4) is 0 Å². The minimum atomic E-state index is -0.965. The summed E-state index contributed by atoms with van der Waals surface area (Å²) in [6.07, 6.45) is 5.99. The molecule has 2 fully saturated rings. The summed E-state index contributed by atoms with van der Waals surface area (Å²) >= 11 is 0. The van der Waals surface area contributed by atoms with Crippen molar-refractivity contribution in [2.45, 2.75) is 71.9 Å². The van der Waals surface area contributed by atoms with Crippen LogP contribution >= 0.6 is 0 Å². The molecule has 2 aliphatic heterocycles. The molecule has 2 aliphatic rings. The number of amides is 4. The van der Waals surface area contributed by atoms with E-state index in [0.717, 1.165) is 12.8 Å². The van der Waals surface area contributed by atoms with Crippen LogP contribution in [-0.4, -0.2) is 90.6 Å². The molecule has 2 saturated heterocycles. The Bertz CT molecular complexity index is 859. The molecule has 208 valence electrons. The van der Waals surface area contributed by atoms with Gasteiger partial charge < -0.3 is 29.9 Å². The van der Waals surface area contributed by atoms with E-state index < -0.39 is 29.4 Å². The van der Waals surface area contributed by atoms with Gasteiger partial charge in [-0.3, -0.25) is 14.4 Å². The number of hydrogen-bond acceptors (Lipinski definition) is 7. The number of carbonyl (C=O) groups is 5. The van der Waals surface area contributed by atoms with Crippen molar-refractivity contribution in [1.82, 2.24) is 20.4 Å². The fraction of sp³-hybridized carbons (Fsp3) is 0.731. The Morgan fingerprint density at radius 2 is 1.70 bits per heavy atom. The molecule has 0 aromatic carbocycles. The summed E-state index contributed by atoms with van der Waals surface area (Å²) in [6.45, 7) is 10.6. The van der Waals surface area contributed by atoms with Crippen molar-refractivity contribution in [3.05, 3.63) is 12.2 Å². The first-order valence-corrected chi connectivity index (χ1v) is 13.1. The van der Waals surface area contributed by atoms with Gasteiger partial charge in [0.2, 0.25) is 17.7 Å². The van der Waals surface area contributed by atoms with Gasteiger partial charge in [-0.2, -0.15) is 0 Å². The lowest BCUT2D eigenvalue weighted by Gasteiger charge is -2.33. The molecule has 0 aliphatic carbocycles. The van der Waals surface area contributed by atoms with E-state index in [0.29, 0.717) is 32.5 Å². The smallest absolute Gasteiger partial charge is 0.410 e. The predicted molar refractivity (Wildman–Crippen MR) is 136 cm³/mol. The molecule has 2 N–H and O–H groups in total. The van der Waals surface area contributed by atoms with Crippen molar-refractivity contribution in [3.63, 3.8) is 0 Å².